The zero-order valence-corrected chi connectivity index (χ0v) is 7.32. The molecule has 0 atom stereocenters. The molecule has 0 bridgehead atoms. The summed E-state index contributed by atoms with van der Waals surface area (Å²) in [5.74, 6) is 0. The molecule has 0 saturated heterocycles. The van der Waals surface area contributed by atoms with E-state index in [1.165, 1.54) is 0 Å². The molecule has 11 heavy (non-hydrogen) atoms. The number of hydrogen-bond acceptors (Lipinski definition) is 4. The largest absolute Gasteiger partial charge is 0.360 e. The van der Waals surface area contributed by atoms with Gasteiger partial charge in [-0.1, -0.05) is 17.4 Å². The number of hydrogen-bond donors (Lipinski definition) is 1. The molecule has 1 N–H and O–H groups in total. The average Bonchev–Trinajstić information content (AvgIpc) is 2.37. The van der Waals surface area contributed by atoms with Crippen LogP contribution in [0.5, 0.6) is 0 Å². The molecular formula is C7H11N3S. The zero-order chi connectivity index (χ0) is 8.10. The van der Waals surface area contributed by atoms with Gasteiger partial charge in [0.25, 0.3) is 0 Å². The summed E-state index contributed by atoms with van der Waals surface area (Å²) in [6, 6.07) is 0. The van der Waals surface area contributed by atoms with Gasteiger partial charge in [-0.3, -0.25) is 0 Å². The molecule has 0 aromatic carbocycles. The Bertz CT molecular complexity index is 231. The highest BCUT2D eigenvalue weighted by atomic mass is 32.1. The Morgan fingerprint density at radius 3 is 3.00 bits per heavy atom. The highest BCUT2D eigenvalue weighted by Crippen LogP contribution is 2.12. The van der Waals surface area contributed by atoms with Crippen LogP contribution in [0.15, 0.2) is 12.7 Å². The van der Waals surface area contributed by atoms with Crippen molar-refractivity contribution < 1.29 is 0 Å². The third-order valence-corrected chi connectivity index (χ3v) is 1.95. The van der Waals surface area contributed by atoms with E-state index >= 15 is 0 Å². The summed E-state index contributed by atoms with van der Waals surface area (Å²) >= 11 is 1.57. The molecule has 0 unspecified atom stereocenters. The van der Waals surface area contributed by atoms with Gasteiger partial charge in [0.2, 0.25) is 5.13 Å². The fourth-order valence-electron chi connectivity index (χ4n) is 0.649. The maximum absolute atomic E-state index is 3.91. The second kappa shape index (κ2) is 4.08. The van der Waals surface area contributed by atoms with Gasteiger partial charge in [0.15, 0.2) is 0 Å². The Kier molecular flexibility index (Phi) is 3.04. The van der Waals surface area contributed by atoms with Gasteiger partial charge in [-0.2, -0.15) is 0 Å². The van der Waals surface area contributed by atoms with E-state index in [1.54, 1.807) is 11.3 Å². The zero-order valence-electron chi connectivity index (χ0n) is 6.50. The van der Waals surface area contributed by atoms with Crippen molar-refractivity contribution in [1.82, 2.24) is 10.2 Å². The van der Waals surface area contributed by atoms with Crippen LogP contribution in [-0.2, 0) is 0 Å². The molecule has 0 aliphatic carbocycles. The number of aromatic nitrogens is 2. The van der Waals surface area contributed by atoms with Gasteiger partial charge in [-0.15, -0.1) is 16.8 Å². The minimum absolute atomic E-state index is 0.887. The maximum Gasteiger partial charge on any atom is 0.205 e. The Morgan fingerprint density at radius 1 is 1.64 bits per heavy atom. The Labute approximate surface area is 70.2 Å². The van der Waals surface area contributed by atoms with E-state index in [2.05, 4.69) is 22.1 Å². The summed E-state index contributed by atoms with van der Waals surface area (Å²) < 4.78 is 0. The Hall–Kier alpha value is -0.900. The lowest BCUT2D eigenvalue weighted by Crippen LogP contribution is -1.98. The molecule has 0 fully saturated rings. The quantitative estimate of drug-likeness (QED) is 0.552. The van der Waals surface area contributed by atoms with Crippen LogP contribution in [0.2, 0.25) is 0 Å². The van der Waals surface area contributed by atoms with Crippen LogP contribution >= 0.6 is 11.3 Å². The van der Waals surface area contributed by atoms with E-state index in [1.807, 2.05) is 13.0 Å². The first-order chi connectivity index (χ1) is 5.33. The number of nitrogens with zero attached hydrogens (tertiary/aromatic N) is 2. The molecule has 0 amide bonds. The van der Waals surface area contributed by atoms with Crippen LogP contribution in [0.1, 0.15) is 11.4 Å². The van der Waals surface area contributed by atoms with Crippen molar-refractivity contribution in [2.24, 2.45) is 0 Å². The maximum atomic E-state index is 3.91. The van der Waals surface area contributed by atoms with Gasteiger partial charge in [-0.05, 0) is 13.3 Å². The number of aryl methyl sites for hydroxylation is 1. The van der Waals surface area contributed by atoms with Gasteiger partial charge in [0.05, 0.1) is 0 Å². The Morgan fingerprint density at radius 2 is 2.45 bits per heavy atom. The van der Waals surface area contributed by atoms with Crippen LogP contribution in [0.3, 0.4) is 0 Å². The van der Waals surface area contributed by atoms with E-state index < -0.39 is 0 Å². The molecule has 60 valence electrons. The summed E-state index contributed by atoms with van der Waals surface area (Å²) in [5, 5.41) is 12.8. The lowest BCUT2D eigenvalue weighted by molar-refractivity contribution is 1.01. The third kappa shape index (κ3) is 2.67. The average molecular weight is 169 g/mol. The fourth-order valence-corrected chi connectivity index (χ4v) is 1.27. The van der Waals surface area contributed by atoms with Gasteiger partial charge in [0.1, 0.15) is 5.01 Å². The predicted molar refractivity (Wildman–Crippen MR) is 47.9 cm³/mol. The lowest BCUT2D eigenvalue weighted by atomic mass is 10.4. The molecule has 0 saturated carbocycles. The molecule has 0 radical (unpaired) electrons. The minimum Gasteiger partial charge on any atom is -0.360 e. The van der Waals surface area contributed by atoms with Gasteiger partial charge in [0, 0.05) is 6.54 Å². The Balaban J connectivity index is 2.32. The molecule has 0 aliphatic rings. The summed E-state index contributed by atoms with van der Waals surface area (Å²) in [7, 11) is 0. The second-order valence-electron chi connectivity index (χ2n) is 2.13. The van der Waals surface area contributed by atoms with E-state index in [4.69, 9.17) is 0 Å². The highest BCUT2D eigenvalue weighted by molar-refractivity contribution is 7.15. The normalized spacial score (nSPS) is 9.55. The second-order valence-corrected chi connectivity index (χ2v) is 3.31. The fraction of sp³-hybridized carbons (Fsp3) is 0.429. The van der Waals surface area contributed by atoms with Crippen LogP contribution in [0.25, 0.3) is 0 Å². The molecule has 1 aromatic heterocycles. The number of anilines is 1. The smallest absolute Gasteiger partial charge is 0.205 e. The summed E-state index contributed by atoms with van der Waals surface area (Å²) in [6.07, 6.45) is 2.83. The van der Waals surface area contributed by atoms with Crippen molar-refractivity contribution in [3.05, 3.63) is 17.7 Å². The van der Waals surface area contributed by atoms with Crippen molar-refractivity contribution in [2.75, 3.05) is 11.9 Å². The first-order valence-corrected chi connectivity index (χ1v) is 4.29. The third-order valence-electron chi connectivity index (χ3n) is 1.15. The first kappa shape index (κ1) is 8.20. The van der Waals surface area contributed by atoms with Crippen molar-refractivity contribution >= 4 is 16.5 Å². The molecule has 4 heteroatoms. The predicted octanol–water partition coefficient (Wildman–Crippen LogP) is 1.83. The highest BCUT2D eigenvalue weighted by Gasteiger charge is 1.96. The topological polar surface area (TPSA) is 37.8 Å². The first-order valence-electron chi connectivity index (χ1n) is 3.48. The van der Waals surface area contributed by atoms with E-state index in [-0.39, 0.29) is 0 Å². The van der Waals surface area contributed by atoms with E-state index in [0.717, 1.165) is 23.1 Å². The van der Waals surface area contributed by atoms with Crippen LogP contribution in [0, 0.1) is 6.92 Å². The monoisotopic (exact) mass is 169 g/mol. The summed E-state index contributed by atoms with van der Waals surface area (Å²) in [4.78, 5) is 0. The van der Waals surface area contributed by atoms with Crippen molar-refractivity contribution in [2.45, 2.75) is 13.3 Å². The van der Waals surface area contributed by atoms with Crippen molar-refractivity contribution in [3.8, 4) is 0 Å². The van der Waals surface area contributed by atoms with E-state index in [9.17, 15) is 0 Å². The van der Waals surface area contributed by atoms with Crippen LogP contribution < -0.4 is 5.32 Å². The van der Waals surface area contributed by atoms with Crippen molar-refractivity contribution in [1.29, 1.82) is 0 Å². The number of nitrogens with one attached hydrogen (secondary N) is 1. The molecule has 0 spiro atoms. The van der Waals surface area contributed by atoms with Gasteiger partial charge >= 0.3 is 0 Å². The van der Waals surface area contributed by atoms with Gasteiger partial charge < -0.3 is 5.32 Å². The van der Waals surface area contributed by atoms with Crippen molar-refractivity contribution in [3.63, 3.8) is 0 Å². The minimum atomic E-state index is 0.887. The molecule has 3 nitrogen and oxygen atoms in total. The summed E-state index contributed by atoms with van der Waals surface area (Å²) in [5.41, 5.74) is 0. The molecule has 1 rings (SSSR count). The summed E-state index contributed by atoms with van der Waals surface area (Å²) in [6.45, 7) is 6.45. The van der Waals surface area contributed by atoms with Crippen LogP contribution in [-0.4, -0.2) is 16.7 Å². The molecule has 0 aliphatic heterocycles. The molecule has 1 heterocycles. The van der Waals surface area contributed by atoms with Gasteiger partial charge in [-0.25, -0.2) is 0 Å². The molecular weight excluding hydrogens is 158 g/mol. The standard InChI is InChI=1S/C7H11N3S/c1-3-4-5-8-7-10-9-6(2)11-7/h3H,1,4-5H2,2H3,(H,8,10). The molecule has 1 aromatic rings. The lowest BCUT2D eigenvalue weighted by Gasteiger charge is -1.95. The van der Waals surface area contributed by atoms with E-state index in [0.29, 0.717) is 0 Å². The number of rotatable bonds is 4. The SMILES string of the molecule is C=CCCNc1nnc(C)s1. The van der Waals surface area contributed by atoms with Crippen LogP contribution in [0.4, 0.5) is 5.13 Å².